The predicted molar refractivity (Wildman–Crippen MR) is 79.8 cm³/mol. The number of aromatic nitrogens is 3. The summed E-state index contributed by atoms with van der Waals surface area (Å²) in [6.07, 6.45) is 3.73. The zero-order valence-corrected chi connectivity index (χ0v) is 13.1. The van der Waals surface area contributed by atoms with Crippen molar-refractivity contribution >= 4 is 17.2 Å². The molecule has 6 heteroatoms. The van der Waals surface area contributed by atoms with Crippen LogP contribution in [0.15, 0.2) is 17.8 Å². The molecule has 0 fully saturated rings. The molecule has 0 saturated carbocycles. The monoisotopic (exact) mass is 292 g/mol. The molecule has 20 heavy (non-hydrogen) atoms. The van der Waals surface area contributed by atoms with Gasteiger partial charge in [-0.05, 0) is 19.4 Å². The summed E-state index contributed by atoms with van der Waals surface area (Å²) in [5, 5.41) is 4.39. The van der Waals surface area contributed by atoms with E-state index in [0.717, 1.165) is 23.4 Å². The minimum atomic E-state index is -0.0109. The van der Waals surface area contributed by atoms with E-state index in [1.54, 1.807) is 26.4 Å². The molecule has 108 valence electrons. The molecule has 0 spiro atoms. The fourth-order valence-corrected chi connectivity index (χ4v) is 2.80. The van der Waals surface area contributed by atoms with Gasteiger partial charge in [-0.2, -0.15) is 5.10 Å². The van der Waals surface area contributed by atoms with E-state index >= 15 is 0 Å². The van der Waals surface area contributed by atoms with Crippen LogP contribution in [0.1, 0.15) is 47.4 Å². The van der Waals surface area contributed by atoms with Crippen LogP contribution in [0, 0.1) is 0 Å². The van der Waals surface area contributed by atoms with Gasteiger partial charge < -0.3 is 4.90 Å². The Morgan fingerprint density at radius 3 is 2.90 bits per heavy atom. The van der Waals surface area contributed by atoms with Crippen LogP contribution in [-0.2, 0) is 13.5 Å². The first-order valence-corrected chi connectivity index (χ1v) is 7.61. The SMILES string of the molecule is CCCc1cc(C(=O)N(C)[C@H](C)c2cncs2)n(C)n1. The first kappa shape index (κ1) is 14.7. The Labute approximate surface area is 123 Å². The van der Waals surface area contributed by atoms with Crippen molar-refractivity contribution in [2.24, 2.45) is 7.05 Å². The standard InChI is InChI=1S/C14H20N4OS/c1-5-6-11-7-12(18(4)16-11)14(19)17(3)10(2)13-8-15-9-20-13/h7-10H,5-6H2,1-4H3/t10-/m1/s1. The smallest absolute Gasteiger partial charge is 0.272 e. The number of thiazole rings is 1. The Kier molecular flexibility index (Phi) is 4.54. The highest BCUT2D eigenvalue weighted by atomic mass is 32.1. The summed E-state index contributed by atoms with van der Waals surface area (Å²) in [7, 11) is 3.64. The van der Waals surface area contributed by atoms with E-state index in [0.29, 0.717) is 5.69 Å². The van der Waals surface area contributed by atoms with E-state index in [1.165, 1.54) is 0 Å². The summed E-state index contributed by atoms with van der Waals surface area (Å²) in [4.78, 5) is 19.5. The number of rotatable bonds is 5. The maximum atomic E-state index is 12.6. The van der Waals surface area contributed by atoms with Crippen LogP contribution in [0.3, 0.4) is 0 Å². The fraction of sp³-hybridized carbons (Fsp3) is 0.500. The van der Waals surface area contributed by atoms with Crippen molar-refractivity contribution in [1.82, 2.24) is 19.7 Å². The van der Waals surface area contributed by atoms with Gasteiger partial charge in [-0.15, -0.1) is 11.3 Å². The lowest BCUT2D eigenvalue weighted by atomic mass is 10.2. The maximum absolute atomic E-state index is 12.6. The van der Waals surface area contributed by atoms with Crippen LogP contribution in [0.5, 0.6) is 0 Å². The molecule has 5 nitrogen and oxygen atoms in total. The number of hydrogen-bond acceptors (Lipinski definition) is 4. The zero-order chi connectivity index (χ0) is 14.7. The minimum absolute atomic E-state index is 0.0109. The van der Waals surface area contributed by atoms with Crippen molar-refractivity contribution in [3.63, 3.8) is 0 Å². The number of carbonyl (C=O) groups is 1. The lowest BCUT2D eigenvalue weighted by Crippen LogP contribution is -2.30. The van der Waals surface area contributed by atoms with E-state index in [-0.39, 0.29) is 11.9 Å². The average Bonchev–Trinajstić information content (AvgIpc) is 3.06. The second kappa shape index (κ2) is 6.17. The molecule has 2 aromatic rings. The highest BCUT2D eigenvalue weighted by Gasteiger charge is 2.22. The molecule has 0 saturated heterocycles. The van der Waals surface area contributed by atoms with Crippen LogP contribution in [0.2, 0.25) is 0 Å². The van der Waals surface area contributed by atoms with Gasteiger partial charge in [-0.25, -0.2) is 0 Å². The normalized spacial score (nSPS) is 12.4. The van der Waals surface area contributed by atoms with E-state index < -0.39 is 0 Å². The number of carbonyl (C=O) groups excluding carboxylic acids is 1. The Hall–Kier alpha value is -1.69. The van der Waals surface area contributed by atoms with Crippen molar-refractivity contribution < 1.29 is 4.79 Å². The van der Waals surface area contributed by atoms with Crippen LogP contribution < -0.4 is 0 Å². The molecule has 0 unspecified atom stereocenters. The second-order valence-electron chi connectivity index (χ2n) is 4.89. The van der Waals surface area contributed by atoms with Gasteiger partial charge >= 0.3 is 0 Å². The Morgan fingerprint density at radius 2 is 2.30 bits per heavy atom. The molecule has 0 aliphatic carbocycles. The third kappa shape index (κ3) is 2.90. The highest BCUT2D eigenvalue weighted by molar-refractivity contribution is 7.09. The van der Waals surface area contributed by atoms with E-state index in [1.807, 2.05) is 33.3 Å². The van der Waals surface area contributed by atoms with Crippen LogP contribution >= 0.6 is 11.3 Å². The topological polar surface area (TPSA) is 51.0 Å². The van der Waals surface area contributed by atoms with Crippen molar-refractivity contribution in [1.29, 1.82) is 0 Å². The number of nitrogens with zero attached hydrogens (tertiary/aromatic N) is 4. The summed E-state index contributed by atoms with van der Waals surface area (Å²) in [6, 6.07) is 1.90. The summed E-state index contributed by atoms with van der Waals surface area (Å²) < 4.78 is 1.67. The quantitative estimate of drug-likeness (QED) is 0.851. The van der Waals surface area contributed by atoms with Crippen LogP contribution in [0.4, 0.5) is 0 Å². The number of amides is 1. The third-order valence-electron chi connectivity index (χ3n) is 3.42. The molecular weight excluding hydrogens is 272 g/mol. The molecular formula is C14H20N4OS. The van der Waals surface area contributed by atoms with Gasteiger partial charge in [-0.3, -0.25) is 14.5 Å². The highest BCUT2D eigenvalue weighted by Crippen LogP contribution is 2.23. The van der Waals surface area contributed by atoms with Crippen molar-refractivity contribution in [3.05, 3.63) is 34.0 Å². The van der Waals surface area contributed by atoms with Gasteiger partial charge in [0, 0.05) is 25.2 Å². The molecule has 2 rings (SSSR count). The number of aryl methyl sites for hydroxylation is 2. The van der Waals surface area contributed by atoms with E-state index in [9.17, 15) is 4.79 Å². The maximum Gasteiger partial charge on any atom is 0.272 e. The minimum Gasteiger partial charge on any atom is -0.333 e. The molecule has 2 aromatic heterocycles. The first-order chi connectivity index (χ1) is 9.54. The van der Waals surface area contributed by atoms with E-state index in [2.05, 4.69) is 17.0 Å². The molecule has 0 aliphatic heterocycles. The average molecular weight is 292 g/mol. The molecule has 1 atom stereocenters. The summed E-state index contributed by atoms with van der Waals surface area (Å²) in [5.41, 5.74) is 3.39. The van der Waals surface area contributed by atoms with E-state index in [4.69, 9.17) is 0 Å². The Balaban J connectivity index is 2.18. The van der Waals surface area contributed by atoms with Gasteiger partial charge in [-0.1, -0.05) is 13.3 Å². The van der Waals surface area contributed by atoms with Gasteiger partial charge in [0.05, 0.1) is 17.2 Å². The van der Waals surface area contributed by atoms with Gasteiger partial charge in [0.2, 0.25) is 0 Å². The molecule has 1 amide bonds. The van der Waals surface area contributed by atoms with Crippen molar-refractivity contribution in [3.8, 4) is 0 Å². The zero-order valence-electron chi connectivity index (χ0n) is 12.3. The van der Waals surface area contributed by atoms with Gasteiger partial charge in [0.1, 0.15) is 5.69 Å². The molecule has 2 heterocycles. The van der Waals surface area contributed by atoms with Crippen LogP contribution in [-0.4, -0.2) is 32.6 Å². The fourth-order valence-electron chi connectivity index (χ4n) is 2.08. The Bertz CT molecular complexity index is 576. The largest absolute Gasteiger partial charge is 0.333 e. The molecule has 0 aliphatic rings. The summed E-state index contributed by atoms with van der Waals surface area (Å²) >= 11 is 1.56. The lowest BCUT2D eigenvalue weighted by molar-refractivity contribution is 0.0733. The molecule has 0 radical (unpaired) electrons. The molecule has 0 N–H and O–H groups in total. The molecule has 0 aromatic carbocycles. The third-order valence-corrected chi connectivity index (χ3v) is 4.37. The first-order valence-electron chi connectivity index (χ1n) is 6.73. The van der Waals surface area contributed by atoms with Gasteiger partial charge in [0.15, 0.2) is 0 Å². The predicted octanol–water partition coefficient (Wildman–Crippen LogP) is 2.66. The van der Waals surface area contributed by atoms with Crippen molar-refractivity contribution in [2.75, 3.05) is 7.05 Å². The van der Waals surface area contributed by atoms with Crippen molar-refractivity contribution in [2.45, 2.75) is 32.7 Å². The molecule has 0 bridgehead atoms. The van der Waals surface area contributed by atoms with Crippen LogP contribution in [0.25, 0.3) is 0 Å². The van der Waals surface area contributed by atoms with Gasteiger partial charge in [0.25, 0.3) is 5.91 Å². The number of hydrogen-bond donors (Lipinski definition) is 0. The lowest BCUT2D eigenvalue weighted by Gasteiger charge is -2.23. The summed E-state index contributed by atoms with van der Waals surface area (Å²) in [5.74, 6) is -0.0109. The summed E-state index contributed by atoms with van der Waals surface area (Å²) in [6.45, 7) is 4.11. The Morgan fingerprint density at radius 1 is 1.55 bits per heavy atom. The second-order valence-corrected chi connectivity index (χ2v) is 5.81.